The first-order valence-electron chi connectivity index (χ1n) is 10.2. The Morgan fingerprint density at radius 3 is 2.59 bits per heavy atom. The number of rotatable bonds is 8. The van der Waals surface area contributed by atoms with E-state index < -0.39 is 0 Å². The molecule has 0 aliphatic carbocycles. The summed E-state index contributed by atoms with van der Waals surface area (Å²) < 4.78 is 26.0. The molecule has 0 saturated carbocycles. The van der Waals surface area contributed by atoms with Crippen molar-refractivity contribution in [3.8, 4) is 11.5 Å². The summed E-state index contributed by atoms with van der Waals surface area (Å²) in [6, 6.07) is 11.7. The molecule has 0 atom stereocenters. The van der Waals surface area contributed by atoms with Gasteiger partial charge in [0.15, 0.2) is 17.3 Å². The van der Waals surface area contributed by atoms with Gasteiger partial charge in [-0.1, -0.05) is 49.0 Å². The third-order valence-corrected chi connectivity index (χ3v) is 5.69. The Labute approximate surface area is 188 Å². The quantitative estimate of drug-likeness (QED) is 0.376. The second kappa shape index (κ2) is 9.74. The zero-order valence-corrected chi connectivity index (χ0v) is 18.6. The number of thiazole rings is 1. The molecule has 0 spiro atoms. The van der Waals surface area contributed by atoms with Crippen molar-refractivity contribution < 1.29 is 13.9 Å². The van der Waals surface area contributed by atoms with E-state index in [4.69, 9.17) is 9.47 Å². The van der Waals surface area contributed by atoms with Crippen molar-refractivity contribution in [2.75, 3.05) is 13.7 Å². The van der Waals surface area contributed by atoms with Crippen molar-refractivity contribution >= 4 is 34.5 Å². The Kier molecular flexibility index (Phi) is 6.61. The van der Waals surface area contributed by atoms with E-state index in [1.165, 1.54) is 28.0 Å². The van der Waals surface area contributed by atoms with Gasteiger partial charge >= 0.3 is 0 Å². The van der Waals surface area contributed by atoms with Crippen molar-refractivity contribution in [2.45, 2.75) is 19.8 Å². The Morgan fingerprint density at radius 2 is 1.88 bits per heavy atom. The van der Waals surface area contributed by atoms with Crippen LogP contribution in [0.2, 0.25) is 0 Å². The third-order valence-electron chi connectivity index (χ3n) is 4.73. The zero-order chi connectivity index (χ0) is 22.5. The maximum atomic E-state index is 13.0. The van der Waals surface area contributed by atoms with Crippen molar-refractivity contribution in [2.24, 2.45) is 0 Å². The summed E-state index contributed by atoms with van der Waals surface area (Å²) >= 11 is 1.26. The minimum Gasteiger partial charge on any atom is -0.493 e. The first-order valence-corrected chi connectivity index (χ1v) is 11.0. The summed E-state index contributed by atoms with van der Waals surface area (Å²) in [5.41, 5.74) is 1.40. The first kappa shape index (κ1) is 21.7. The summed E-state index contributed by atoms with van der Waals surface area (Å²) in [4.78, 5) is 17.7. The number of halogens is 1. The number of unbranched alkanes of at least 4 members (excludes halogenated alkanes) is 1. The monoisotopic (exact) mass is 451 g/mol. The van der Waals surface area contributed by atoms with Gasteiger partial charge in [-0.05, 0) is 54.0 Å². The van der Waals surface area contributed by atoms with E-state index >= 15 is 0 Å². The molecule has 6 nitrogen and oxygen atoms in total. The second-order valence-electron chi connectivity index (χ2n) is 7.08. The molecule has 0 unspecified atom stereocenters. The van der Waals surface area contributed by atoms with E-state index in [-0.39, 0.29) is 11.4 Å². The smallest absolute Gasteiger partial charge is 0.291 e. The number of hydrogen-bond acceptors (Lipinski definition) is 6. The number of methoxy groups -OCH3 is 1. The van der Waals surface area contributed by atoms with Gasteiger partial charge in [0.1, 0.15) is 5.82 Å². The molecule has 0 N–H and O–H groups in total. The molecule has 2 aromatic heterocycles. The van der Waals surface area contributed by atoms with Crippen molar-refractivity contribution in [3.63, 3.8) is 0 Å². The predicted molar refractivity (Wildman–Crippen MR) is 125 cm³/mol. The molecule has 0 saturated heterocycles. The molecule has 4 aromatic rings. The van der Waals surface area contributed by atoms with Crippen LogP contribution >= 0.6 is 11.3 Å². The lowest BCUT2D eigenvalue weighted by molar-refractivity contribution is 0.288. The highest BCUT2D eigenvalue weighted by molar-refractivity contribution is 7.15. The van der Waals surface area contributed by atoms with Crippen molar-refractivity contribution in [1.82, 2.24) is 14.6 Å². The number of fused-ring (bicyclic) bond motifs is 1. The Bertz CT molecular complexity index is 1360. The normalized spacial score (nSPS) is 12.2. The predicted octanol–water partition coefficient (Wildman–Crippen LogP) is 4.20. The second-order valence-corrected chi connectivity index (χ2v) is 8.09. The molecule has 0 fully saturated rings. The molecular formula is C24H22FN3O3S. The van der Waals surface area contributed by atoms with Gasteiger partial charge in [0.05, 0.1) is 18.2 Å². The van der Waals surface area contributed by atoms with Gasteiger partial charge in [-0.25, -0.2) is 4.39 Å². The average molecular weight is 452 g/mol. The maximum absolute atomic E-state index is 13.0. The molecule has 8 heteroatoms. The Morgan fingerprint density at radius 1 is 1.09 bits per heavy atom. The highest BCUT2D eigenvalue weighted by atomic mass is 32.1. The molecule has 0 aliphatic rings. The third kappa shape index (κ3) is 4.86. The SMILES string of the molecule is CCCCOc1ccc(/C=c2/sc3nc(/C=C/c4ccc(F)cc4)nn3c2=O)cc1OC. The molecule has 0 bridgehead atoms. The van der Waals surface area contributed by atoms with Gasteiger partial charge in [0, 0.05) is 0 Å². The van der Waals surface area contributed by atoms with Gasteiger partial charge in [-0.15, -0.1) is 5.10 Å². The molecule has 2 aromatic carbocycles. The van der Waals surface area contributed by atoms with Crippen LogP contribution in [0.5, 0.6) is 11.5 Å². The molecule has 4 rings (SSSR count). The molecule has 0 radical (unpaired) electrons. The van der Waals surface area contributed by atoms with E-state index in [2.05, 4.69) is 17.0 Å². The van der Waals surface area contributed by atoms with E-state index in [1.54, 1.807) is 37.5 Å². The maximum Gasteiger partial charge on any atom is 0.291 e. The fraction of sp³-hybridized carbons (Fsp3) is 0.208. The first-order chi connectivity index (χ1) is 15.6. The molecule has 2 heterocycles. The van der Waals surface area contributed by atoms with Gasteiger partial charge in [0.2, 0.25) is 4.96 Å². The lowest BCUT2D eigenvalue weighted by Crippen LogP contribution is -2.23. The van der Waals surface area contributed by atoms with Gasteiger partial charge < -0.3 is 9.47 Å². The van der Waals surface area contributed by atoms with E-state index in [0.29, 0.717) is 33.4 Å². The van der Waals surface area contributed by atoms with Crippen LogP contribution in [-0.4, -0.2) is 28.3 Å². The number of benzene rings is 2. The molecular weight excluding hydrogens is 429 g/mol. The van der Waals surface area contributed by atoms with Crippen LogP contribution in [0.3, 0.4) is 0 Å². The van der Waals surface area contributed by atoms with Gasteiger partial charge in [-0.3, -0.25) is 4.79 Å². The van der Waals surface area contributed by atoms with Crippen molar-refractivity contribution in [1.29, 1.82) is 0 Å². The van der Waals surface area contributed by atoms with Gasteiger partial charge in [-0.2, -0.15) is 9.50 Å². The zero-order valence-electron chi connectivity index (χ0n) is 17.7. The number of nitrogens with zero attached hydrogens (tertiary/aromatic N) is 3. The van der Waals surface area contributed by atoms with Crippen molar-refractivity contribution in [3.05, 3.63) is 80.1 Å². The summed E-state index contributed by atoms with van der Waals surface area (Å²) in [6.45, 7) is 2.74. The Hall–Kier alpha value is -3.52. The highest BCUT2D eigenvalue weighted by Gasteiger charge is 2.10. The van der Waals surface area contributed by atoms with Crippen LogP contribution in [0, 0.1) is 5.82 Å². The van der Waals surface area contributed by atoms with E-state index in [0.717, 1.165) is 24.0 Å². The topological polar surface area (TPSA) is 65.7 Å². The minimum absolute atomic E-state index is 0.235. The van der Waals surface area contributed by atoms with Crippen LogP contribution in [0.4, 0.5) is 4.39 Å². The summed E-state index contributed by atoms with van der Waals surface area (Å²) in [7, 11) is 1.59. The van der Waals surface area contributed by atoms with Crippen LogP contribution in [0.25, 0.3) is 23.2 Å². The summed E-state index contributed by atoms with van der Waals surface area (Å²) in [5.74, 6) is 1.42. The molecule has 0 amide bonds. The Balaban J connectivity index is 1.58. The lowest BCUT2D eigenvalue weighted by atomic mass is 10.2. The molecule has 164 valence electrons. The molecule has 32 heavy (non-hydrogen) atoms. The van der Waals surface area contributed by atoms with Crippen LogP contribution in [-0.2, 0) is 0 Å². The minimum atomic E-state index is -0.293. The summed E-state index contributed by atoms with van der Waals surface area (Å²) in [6.07, 6.45) is 7.28. The van der Waals surface area contributed by atoms with E-state index in [9.17, 15) is 9.18 Å². The lowest BCUT2D eigenvalue weighted by Gasteiger charge is -2.10. The number of ether oxygens (including phenoxy) is 2. The van der Waals surface area contributed by atoms with Gasteiger partial charge in [0.25, 0.3) is 5.56 Å². The molecule has 0 aliphatic heterocycles. The summed E-state index contributed by atoms with van der Waals surface area (Å²) in [5, 5.41) is 4.27. The number of aromatic nitrogens is 3. The fourth-order valence-corrected chi connectivity index (χ4v) is 3.95. The standard InChI is InChI=1S/C24H22FN3O3S/c1-3-4-13-31-19-11-7-17(14-20(19)30-2)15-21-23(29)28-24(32-21)26-22(27-28)12-8-16-5-9-18(25)10-6-16/h5-12,14-15H,3-4,13H2,1-2H3/b12-8+,21-15+. The van der Waals surface area contributed by atoms with Crippen LogP contribution in [0.15, 0.2) is 47.3 Å². The fourth-order valence-electron chi connectivity index (χ4n) is 3.04. The largest absolute Gasteiger partial charge is 0.493 e. The highest BCUT2D eigenvalue weighted by Crippen LogP contribution is 2.28. The number of hydrogen-bond donors (Lipinski definition) is 0. The van der Waals surface area contributed by atoms with E-state index in [1.807, 2.05) is 18.2 Å². The average Bonchev–Trinajstić information content (AvgIpc) is 3.33. The van der Waals surface area contributed by atoms with Crippen LogP contribution < -0.4 is 19.6 Å². The van der Waals surface area contributed by atoms with Crippen LogP contribution in [0.1, 0.15) is 36.7 Å².